The van der Waals surface area contributed by atoms with Crippen LogP contribution in [0.3, 0.4) is 0 Å². The van der Waals surface area contributed by atoms with Gasteiger partial charge in [0.1, 0.15) is 0 Å². The highest BCUT2D eigenvalue weighted by molar-refractivity contribution is 5.69. The molecule has 1 atom stereocenters. The number of aryl methyl sites for hydroxylation is 2. The first-order valence-electron chi connectivity index (χ1n) is 8.15. The maximum atomic E-state index is 10.9. The summed E-state index contributed by atoms with van der Waals surface area (Å²) >= 11 is 0. The number of likely N-dealkylation sites (N-methyl/N-ethyl adjacent to an activating group) is 1. The summed E-state index contributed by atoms with van der Waals surface area (Å²) in [6, 6.07) is 7.14. The van der Waals surface area contributed by atoms with Crippen molar-refractivity contribution in [1.82, 2.24) is 9.80 Å². The fourth-order valence-corrected chi connectivity index (χ4v) is 3.50. The third-order valence-electron chi connectivity index (χ3n) is 4.49. The number of hydrogen-bond acceptors (Lipinski definition) is 3. The lowest BCUT2D eigenvalue weighted by atomic mass is 10.1. The van der Waals surface area contributed by atoms with E-state index in [4.69, 9.17) is 5.11 Å². The monoisotopic (exact) mass is 304 g/mol. The predicted octanol–water partition coefficient (Wildman–Crippen LogP) is 2.67. The largest absolute Gasteiger partial charge is 0.480 e. The van der Waals surface area contributed by atoms with E-state index < -0.39 is 5.97 Å². The Bertz CT molecular complexity index is 496. The van der Waals surface area contributed by atoms with Gasteiger partial charge in [0.05, 0.1) is 6.54 Å². The zero-order chi connectivity index (χ0) is 16.1. The van der Waals surface area contributed by atoms with Crippen LogP contribution in [0.1, 0.15) is 36.0 Å². The Kier molecular flexibility index (Phi) is 5.98. The van der Waals surface area contributed by atoms with Crippen molar-refractivity contribution in [3.8, 4) is 0 Å². The number of carboxylic acids is 1. The van der Waals surface area contributed by atoms with Crippen molar-refractivity contribution in [2.75, 3.05) is 26.7 Å². The first-order chi connectivity index (χ1) is 10.4. The maximum Gasteiger partial charge on any atom is 0.317 e. The molecule has 4 nitrogen and oxygen atoms in total. The van der Waals surface area contributed by atoms with E-state index in [-0.39, 0.29) is 6.54 Å². The molecule has 22 heavy (non-hydrogen) atoms. The van der Waals surface area contributed by atoms with Gasteiger partial charge in [-0.25, -0.2) is 0 Å². The molecular weight excluding hydrogens is 276 g/mol. The summed E-state index contributed by atoms with van der Waals surface area (Å²) in [4.78, 5) is 15.3. The van der Waals surface area contributed by atoms with Crippen LogP contribution < -0.4 is 0 Å². The fourth-order valence-electron chi connectivity index (χ4n) is 3.50. The Morgan fingerprint density at radius 2 is 1.91 bits per heavy atom. The van der Waals surface area contributed by atoms with Crippen LogP contribution in [0.25, 0.3) is 0 Å². The Hall–Kier alpha value is -1.39. The number of aliphatic carboxylic acids is 1. The van der Waals surface area contributed by atoms with Crippen LogP contribution in [-0.2, 0) is 11.3 Å². The van der Waals surface area contributed by atoms with E-state index in [9.17, 15) is 4.79 Å². The molecule has 1 aliphatic heterocycles. The number of carbonyl (C=O) groups is 1. The van der Waals surface area contributed by atoms with Crippen LogP contribution in [0.15, 0.2) is 18.2 Å². The molecule has 0 amide bonds. The van der Waals surface area contributed by atoms with Crippen LogP contribution in [-0.4, -0.2) is 53.6 Å². The van der Waals surface area contributed by atoms with Gasteiger partial charge in [-0.05, 0) is 58.8 Å². The van der Waals surface area contributed by atoms with Crippen molar-refractivity contribution in [3.63, 3.8) is 0 Å². The van der Waals surface area contributed by atoms with Crippen LogP contribution in [0.5, 0.6) is 0 Å². The number of rotatable bonds is 5. The summed E-state index contributed by atoms with van der Waals surface area (Å²) < 4.78 is 0. The lowest BCUT2D eigenvalue weighted by molar-refractivity contribution is -0.138. The van der Waals surface area contributed by atoms with Crippen molar-refractivity contribution in [1.29, 1.82) is 0 Å². The van der Waals surface area contributed by atoms with Gasteiger partial charge in [0.2, 0.25) is 0 Å². The van der Waals surface area contributed by atoms with Crippen molar-refractivity contribution in [2.24, 2.45) is 0 Å². The molecule has 122 valence electrons. The smallest absolute Gasteiger partial charge is 0.317 e. The first-order valence-corrected chi connectivity index (χ1v) is 8.15. The molecule has 1 N–H and O–H groups in total. The van der Waals surface area contributed by atoms with Crippen LogP contribution >= 0.6 is 0 Å². The highest BCUT2D eigenvalue weighted by Gasteiger charge is 2.21. The maximum absolute atomic E-state index is 10.9. The summed E-state index contributed by atoms with van der Waals surface area (Å²) in [6.45, 7) is 7.58. The second-order valence-electron chi connectivity index (χ2n) is 6.67. The van der Waals surface area contributed by atoms with Crippen molar-refractivity contribution in [3.05, 3.63) is 34.9 Å². The second-order valence-corrected chi connectivity index (χ2v) is 6.67. The molecule has 0 spiro atoms. The van der Waals surface area contributed by atoms with Gasteiger partial charge in [0.25, 0.3) is 0 Å². The highest BCUT2D eigenvalue weighted by atomic mass is 16.4. The van der Waals surface area contributed by atoms with Gasteiger partial charge in [0, 0.05) is 12.6 Å². The van der Waals surface area contributed by atoms with Gasteiger partial charge < -0.3 is 5.11 Å². The number of benzene rings is 1. The summed E-state index contributed by atoms with van der Waals surface area (Å²) in [5, 5.41) is 8.93. The minimum atomic E-state index is -0.737. The van der Waals surface area contributed by atoms with Gasteiger partial charge in [-0.15, -0.1) is 0 Å². The average Bonchev–Trinajstić information content (AvgIpc) is 2.62. The van der Waals surface area contributed by atoms with Crippen molar-refractivity contribution in [2.45, 2.75) is 45.7 Å². The number of likely N-dealkylation sites (tertiary alicyclic amines) is 1. The van der Waals surface area contributed by atoms with E-state index in [0.717, 1.165) is 38.9 Å². The predicted molar refractivity (Wildman–Crippen MR) is 89.1 cm³/mol. The summed E-state index contributed by atoms with van der Waals surface area (Å²) in [5.41, 5.74) is 4.03. The Labute approximate surface area is 133 Å². The summed E-state index contributed by atoms with van der Waals surface area (Å²) in [7, 11) is 1.93. The standard InChI is InChI=1S/C18H28N2O2/c1-14-9-15(2)11-16(10-14)12-20-7-4-5-17(6-8-20)19(3)13-18(21)22/h9-11,17H,4-8,12-13H2,1-3H3,(H,21,22). The van der Waals surface area contributed by atoms with Crippen LogP contribution in [0.4, 0.5) is 0 Å². The van der Waals surface area contributed by atoms with Crippen LogP contribution in [0.2, 0.25) is 0 Å². The van der Waals surface area contributed by atoms with Crippen molar-refractivity contribution >= 4 is 5.97 Å². The van der Waals surface area contributed by atoms with Gasteiger partial charge in [-0.2, -0.15) is 0 Å². The lowest BCUT2D eigenvalue weighted by Crippen LogP contribution is -2.36. The first kappa shape index (κ1) is 17.0. The second kappa shape index (κ2) is 7.75. The summed E-state index contributed by atoms with van der Waals surface area (Å²) in [5.74, 6) is -0.737. The normalized spacial score (nSPS) is 20.1. The molecule has 1 aromatic carbocycles. The molecule has 0 aliphatic carbocycles. The highest BCUT2D eigenvalue weighted by Crippen LogP contribution is 2.18. The zero-order valence-corrected chi connectivity index (χ0v) is 14.0. The Morgan fingerprint density at radius 3 is 2.55 bits per heavy atom. The third-order valence-corrected chi connectivity index (χ3v) is 4.49. The van der Waals surface area contributed by atoms with E-state index >= 15 is 0 Å². The topological polar surface area (TPSA) is 43.8 Å². The zero-order valence-electron chi connectivity index (χ0n) is 14.0. The molecule has 2 rings (SSSR count). The van der Waals surface area contributed by atoms with Gasteiger partial charge >= 0.3 is 5.97 Å². The molecule has 0 aromatic heterocycles. The molecule has 1 fully saturated rings. The minimum absolute atomic E-state index is 0.141. The SMILES string of the molecule is Cc1cc(C)cc(CN2CCCC(N(C)CC(=O)O)CC2)c1. The Balaban J connectivity index is 1.91. The van der Waals surface area contributed by atoms with E-state index in [1.165, 1.54) is 16.7 Å². The van der Waals surface area contributed by atoms with Gasteiger partial charge in [-0.3, -0.25) is 14.6 Å². The molecular formula is C18H28N2O2. The fraction of sp³-hybridized carbons (Fsp3) is 0.611. The van der Waals surface area contributed by atoms with Gasteiger partial charge in [-0.1, -0.05) is 29.3 Å². The molecule has 4 heteroatoms. The van der Waals surface area contributed by atoms with E-state index in [1.807, 2.05) is 11.9 Å². The molecule has 1 saturated heterocycles. The Morgan fingerprint density at radius 1 is 1.23 bits per heavy atom. The van der Waals surface area contributed by atoms with Crippen molar-refractivity contribution < 1.29 is 9.90 Å². The summed E-state index contributed by atoms with van der Waals surface area (Å²) in [6.07, 6.45) is 3.28. The van der Waals surface area contributed by atoms with Crippen LogP contribution in [0, 0.1) is 13.8 Å². The lowest BCUT2D eigenvalue weighted by Gasteiger charge is -2.25. The van der Waals surface area contributed by atoms with E-state index in [1.54, 1.807) is 0 Å². The molecule has 0 radical (unpaired) electrons. The average molecular weight is 304 g/mol. The third kappa shape index (κ3) is 5.11. The molecule has 0 bridgehead atoms. The molecule has 0 saturated carbocycles. The van der Waals surface area contributed by atoms with E-state index in [2.05, 4.69) is 36.9 Å². The molecule has 1 aliphatic rings. The van der Waals surface area contributed by atoms with Gasteiger partial charge in [0.15, 0.2) is 0 Å². The number of carboxylic acid groups (broad SMARTS) is 1. The van der Waals surface area contributed by atoms with E-state index in [0.29, 0.717) is 6.04 Å². The number of hydrogen-bond donors (Lipinski definition) is 1. The minimum Gasteiger partial charge on any atom is -0.480 e. The number of nitrogens with zero attached hydrogens (tertiary/aromatic N) is 2. The molecule has 1 aromatic rings. The molecule has 1 heterocycles. The molecule has 1 unspecified atom stereocenters. The quantitative estimate of drug-likeness (QED) is 0.908.